The smallest absolute Gasteiger partial charge is 0.0924 e. The summed E-state index contributed by atoms with van der Waals surface area (Å²) in [5, 5.41) is 13.0. The Hall–Kier alpha value is -0.830. The molecule has 0 aliphatic heterocycles. The quantitative estimate of drug-likeness (QED) is 0.878. The van der Waals surface area contributed by atoms with E-state index in [0.29, 0.717) is 6.42 Å². The van der Waals surface area contributed by atoms with E-state index in [9.17, 15) is 5.11 Å². The van der Waals surface area contributed by atoms with Gasteiger partial charge in [-0.05, 0) is 41.1 Å². The van der Waals surface area contributed by atoms with Gasteiger partial charge in [0.05, 0.1) is 6.10 Å². The van der Waals surface area contributed by atoms with Crippen molar-refractivity contribution in [2.75, 3.05) is 0 Å². The first-order valence-electron chi connectivity index (χ1n) is 5.69. The highest BCUT2D eigenvalue weighted by Gasteiger charge is 2.13. The van der Waals surface area contributed by atoms with E-state index in [-0.39, 0.29) is 0 Å². The van der Waals surface area contributed by atoms with Crippen molar-refractivity contribution in [1.82, 2.24) is 0 Å². The SMILES string of the molecule is CCc1ccsc1C(O)Cc1cccc(Cl)c1. The number of aryl methyl sites for hydroxylation is 1. The molecule has 0 saturated heterocycles. The van der Waals surface area contributed by atoms with Crippen molar-refractivity contribution in [3.63, 3.8) is 0 Å². The minimum Gasteiger partial charge on any atom is -0.387 e. The Kier molecular flexibility index (Phi) is 4.21. The Morgan fingerprint density at radius 3 is 2.88 bits per heavy atom. The molecular formula is C14H15ClOS. The van der Waals surface area contributed by atoms with Crippen molar-refractivity contribution in [3.8, 4) is 0 Å². The van der Waals surface area contributed by atoms with Crippen LogP contribution < -0.4 is 0 Å². The molecule has 0 radical (unpaired) electrons. The summed E-state index contributed by atoms with van der Waals surface area (Å²) in [5.41, 5.74) is 2.31. The van der Waals surface area contributed by atoms with Crippen LogP contribution >= 0.6 is 22.9 Å². The van der Waals surface area contributed by atoms with Crippen LogP contribution in [0.25, 0.3) is 0 Å². The first-order valence-corrected chi connectivity index (χ1v) is 6.95. The number of halogens is 1. The maximum Gasteiger partial charge on any atom is 0.0924 e. The number of rotatable bonds is 4. The van der Waals surface area contributed by atoms with E-state index in [0.717, 1.165) is 21.9 Å². The second-order valence-corrected chi connectivity index (χ2v) is 5.40. The van der Waals surface area contributed by atoms with Crippen LogP contribution in [0.5, 0.6) is 0 Å². The van der Waals surface area contributed by atoms with Crippen molar-refractivity contribution in [1.29, 1.82) is 0 Å². The average Bonchev–Trinajstić information content (AvgIpc) is 2.77. The van der Waals surface area contributed by atoms with Crippen molar-refractivity contribution < 1.29 is 5.11 Å². The lowest BCUT2D eigenvalue weighted by Gasteiger charge is -2.11. The summed E-state index contributed by atoms with van der Waals surface area (Å²) in [5.74, 6) is 0. The number of aliphatic hydroxyl groups is 1. The van der Waals surface area contributed by atoms with E-state index in [4.69, 9.17) is 11.6 Å². The molecule has 1 aromatic carbocycles. The third-order valence-electron chi connectivity index (χ3n) is 2.78. The molecular weight excluding hydrogens is 252 g/mol. The lowest BCUT2D eigenvalue weighted by Crippen LogP contribution is -2.02. The molecule has 2 rings (SSSR count). The topological polar surface area (TPSA) is 20.2 Å². The zero-order chi connectivity index (χ0) is 12.3. The van der Waals surface area contributed by atoms with E-state index in [1.165, 1.54) is 5.56 Å². The van der Waals surface area contributed by atoms with E-state index < -0.39 is 6.10 Å². The molecule has 17 heavy (non-hydrogen) atoms. The Bertz CT molecular complexity index is 492. The Morgan fingerprint density at radius 2 is 2.18 bits per heavy atom. The predicted octanol–water partition coefficient (Wildman–Crippen LogP) is 4.24. The van der Waals surface area contributed by atoms with Crippen LogP contribution in [0.4, 0.5) is 0 Å². The average molecular weight is 267 g/mol. The van der Waals surface area contributed by atoms with E-state index in [2.05, 4.69) is 13.0 Å². The lowest BCUT2D eigenvalue weighted by molar-refractivity contribution is 0.181. The third-order valence-corrected chi connectivity index (χ3v) is 4.08. The summed E-state index contributed by atoms with van der Waals surface area (Å²) >= 11 is 7.56. The van der Waals surface area contributed by atoms with Gasteiger partial charge >= 0.3 is 0 Å². The fourth-order valence-corrected chi connectivity index (χ4v) is 3.11. The lowest BCUT2D eigenvalue weighted by atomic mass is 10.0. The standard InChI is InChI=1S/C14H15ClOS/c1-2-11-6-7-17-14(11)13(16)9-10-4-3-5-12(15)8-10/h3-8,13,16H,2,9H2,1H3. The molecule has 1 atom stereocenters. The number of hydrogen-bond donors (Lipinski definition) is 1. The molecule has 1 heterocycles. The van der Waals surface area contributed by atoms with Gasteiger partial charge in [0.25, 0.3) is 0 Å². The number of benzene rings is 1. The molecule has 1 aromatic heterocycles. The molecule has 0 aliphatic rings. The maximum atomic E-state index is 10.2. The molecule has 90 valence electrons. The number of thiophene rings is 1. The van der Waals surface area contributed by atoms with Crippen molar-refractivity contribution in [2.45, 2.75) is 25.9 Å². The number of aliphatic hydroxyl groups excluding tert-OH is 1. The molecule has 0 aliphatic carbocycles. The largest absolute Gasteiger partial charge is 0.387 e. The van der Waals surface area contributed by atoms with Crippen molar-refractivity contribution in [2.24, 2.45) is 0 Å². The Labute approximate surface area is 111 Å². The summed E-state index contributed by atoms with van der Waals surface area (Å²) in [6.45, 7) is 2.11. The van der Waals surface area contributed by atoms with E-state index in [1.807, 2.05) is 29.6 Å². The summed E-state index contributed by atoms with van der Waals surface area (Å²) in [6, 6.07) is 9.75. The molecule has 0 fully saturated rings. The van der Waals surface area contributed by atoms with Crippen LogP contribution in [-0.2, 0) is 12.8 Å². The summed E-state index contributed by atoms with van der Waals surface area (Å²) in [7, 11) is 0. The Morgan fingerprint density at radius 1 is 1.35 bits per heavy atom. The number of hydrogen-bond acceptors (Lipinski definition) is 2. The maximum absolute atomic E-state index is 10.2. The fraction of sp³-hybridized carbons (Fsp3) is 0.286. The van der Waals surface area contributed by atoms with Gasteiger partial charge in [-0.25, -0.2) is 0 Å². The predicted molar refractivity (Wildman–Crippen MR) is 73.8 cm³/mol. The third kappa shape index (κ3) is 3.09. The van der Waals surface area contributed by atoms with Gasteiger partial charge in [-0.2, -0.15) is 0 Å². The fourth-order valence-electron chi connectivity index (χ4n) is 1.91. The minimum atomic E-state index is -0.427. The van der Waals surface area contributed by atoms with Crippen LogP contribution in [0.15, 0.2) is 35.7 Å². The molecule has 1 nitrogen and oxygen atoms in total. The van der Waals surface area contributed by atoms with Crippen molar-refractivity contribution in [3.05, 3.63) is 56.7 Å². The highest BCUT2D eigenvalue weighted by atomic mass is 35.5. The van der Waals surface area contributed by atoms with Crippen LogP contribution in [0.1, 0.15) is 29.0 Å². The normalized spacial score (nSPS) is 12.6. The second-order valence-electron chi connectivity index (χ2n) is 4.01. The van der Waals surface area contributed by atoms with Gasteiger partial charge in [0.1, 0.15) is 0 Å². The van der Waals surface area contributed by atoms with Crippen LogP contribution in [-0.4, -0.2) is 5.11 Å². The highest BCUT2D eigenvalue weighted by molar-refractivity contribution is 7.10. The molecule has 1 unspecified atom stereocenters. The highest BCUT2D eigenvalue weighted by Crippen LogP contribution is 2.28. The summed E-state index contributed by atoms with van der Waals surface area (Å²) < 4.78 is 0. The first-order chi connectivity index (χ1) is 8.20. The van der Waals surface area contributed by atoms with Gasteiger partial charge in [-0.15, -0.1) is 11.3 Å². The van der Waals surface area contributed by atoms with Gasteiger partial charge in [0, 0.05) is 16.3 Å². The molecule has 0 spiro atoms. The Balaban J connectivity index is 2.14. The molecule has 0 saturated carbocycles. The van der Waals surface area contributed by atoms with E-state index >= 15 is 0 Å². The molecule has 3 heteroatoms. The van der Waals surface area contributed by atoms with Crippen LogP contribution in [0, 0.1) is 0 Å². The van der Waals surface area contributed by atoms with Gasteiger partial charge < -0.3 is 5.11 Å². The molecule has 0 amide bonds. The van der Waals surface area contributed by atoms with Crippen LogP contribution in [0.2, 0.25) is 5.02 Å². The van der Waals surface area contributed by atoms with Gasteiger partial charge in [0.15, 0.2) is 0 Å². The zero-order valence-corrected chi connectivity index (χ0v) is 11.3. The monoisotopic (exact) mass is 266 g/mol. The van der Waals surface area contributed by atoms with Gasteiger partial charge in [-0.1, -0.05) is 30.7 Å². The second kappa shape index (κ2) is 5.67. The summed E-state index contributed by atoms with van der Waals surface area (Å²) in [6.07, 6.45) is 1.16. The minimum absolute atomic E-state index is 0.427. The van der Waals surface area contributed by atoms with Gasteiger partial charge in [-0.3, -0.25) is 0 Å². The van der Waals surface area contributed by atoms with Crippen molar-refractivity contribution >= 4 is 22.9 Å². The molecule has 1 N–H and O–H groups in total. The van der Waals surface area contributed by atoms with Gasteiger partial charge in [0.2, 0.25) is 0 Å². The first kappa shape index (κ1) is 12.6. The zero-order valence-electron chi connectivity index (χ0n) is 9.69. The molecule has 0 bridgehead atoms. The molecule has 2 aromatic rings. The summed E-state index contributed by atoms with van der Waals surface area (Å²) in [4.78, 5) is 1.08. The van der Waals surface area contributed by atoms with E-state index in [1.54, 1.807) is 11.3 Å². The van der Waals surface area contributed by atoms with Crippen LogP contribution in [0.3, 0.4) is 0 Å².